The van der Waals surface area contributed by atoms with Gasteiger partial charge < -0.3 is 5.73 Å². The van der Waals surface area contributed by atoms with Gasteiger partial charge in [-0.3, -0.25) is 4.72 Å². The van der Waals surface area contributed by atoms with Crippen molar-refractivity contribution in [3.63, 3.8) is 0 Å². The van der Waals surface area contributed by atoms with Crippen LogP contribution >= 0.6 is 39.1 Å². The van der Waals surface area contributed by atoms with Crippen LogP contribution in [0.1, 0.15) is 5.56 Å². The van der Waals surface area contributed by atoms with E-state index in [0.29, 0.717) is 26.4 Å². The normalized spacial score (nSPS) is 11.4. The number of nitrogens with one attached hydrogen (secondary N) is 1. The molecule has 0 aliphatic rings. The Morgan fingerprint density at radius 1 is 1.14 bits per heavy atom. The molecule has 0 aliphatic carbocycles. The van der Waals surface area contributed by atoms with E-state index in [2.05, 4.69) is 20.7 Å². The first-order chi connectivity index (χ1) is 9.70. The Labute approximate surface area is 141 Å². The smallest absolute Gasteiger partial charge is 0.263 e. The van der Waals surface area contributed by atoms with E-state index in [1.54, 1.807) is 25.1 Å². The summed E-state index contributed by atoms with van der Waals surface area (Å²) >= 11 is 15.1. The molecular weight excluding hydrogens is 399 g/mol. The molecule has 4 nitrogen and oxygen atoms in total. The lowest BCUT2D eigenvalue weighted by molar-refractivity contribution is 0.601. The van der Waals surface area contributed by atoms with Gasteiger partial charge in [0.1, 0.15) is 4.90 Å². The summed E-state index contributed by atoms with van der Waals surface area (Å²) in [6.07, 6.45) is 0. The average molecular weight is 410 g/mol. The Balaban J connectivity index is 2.43. The second kappa shape index (κ2) is 6.04. The highest BCUT2D eigenvalue weighted by molar-refractivity contribution is 9.10. The minimum absolute atomic E-state index is 0.0710. The van der Waals surface area contributed by atoms with Crippen molar-refractivity contribution in [3.05, 3.63) is 50.4 Å². The molecule has 0 heterocycles. The molecule has 0 aromatic heterocycles. The van der Waals surface area contributed by atoms with Crippen LogP contribution in [0.2, 0.25) is 10.0 Å². The summed E-state index contributed by atoms with van der Waals surface area (Å²) in [5, 5.41) is 0.595. The fourth-order valence-electron chi connectivity index (χ4n) is 1.64. The first-order valence-electron chi connectivity index (χ1n) is 5.74. The van der Waals surface area contributed by atoms with Crippen LogP contribution in [0, 0.1) is 6.92 Å². The number of hydrogen-bond acceptors (Lipinski definition) is 3. The van der Waals surface area contributed by atoms with Crippen molar-refractivity contribution in [1.29, 1.82) is 0 Å². The Hall–Kier alpha value is -0.950. The van der Waals surface area contributed by atoms with Crippen LogP contribution in [0.15, 0.2) is 39.7 Å². The van der Waals surface area contributed by atoms with Crippen molar-refractivity contribution in [1.82, 2.24) is 0 Å². The third-order valence-corrected chi connectivity index (χ3v) is 5.84. The Bertz CT molecular complexity index is 810. The Morgan fingerprint density at radius 3 is 2.43 bits per heavy atom. The maximum Gasteiger partial charge on any atom is 0.263 e. The summed E-state index contributed by atoms with van der Waals surface area (Å²) in [5.41, 5.74) is 7.18. The molecule has 0 bridgehead atoms. The van der Waals surface area contributed by atoms with Gasteiger partial charge in [-0.05, 0) is 58.7 Å². The molecule has 112 valence electrons. The number of benzene rings is 2. The van der Waals surface area contributed by atoms with Gasteiger partial charge >= 0.3 is 0 Å². The van der Waals surface area contributed by atoms with Gasteiger partial charge in [0.2, 0.25) is 0 Å². The summed E-state index contributed by atoms with van der Waals surface area (Å²) in [6, 6.07) is 7.55. The van der Waals surface area contributed by atoms with Crippen LogP contribution < -0.4 is 10.5 Å². The summed E-state index contributed by atoms with van der Waals surface area (Å²) in [5.74, 6) is 0. The average Bonchev–Trinajstić information content (AvgIpc) is 2.37. The molecule has 0 radical (unpaired) electrons. The standard InChI is InChI=1S/C13H11BrCl2N2O2S/c1-7-4-11(16)13(6-12(7)17)21(19,20)18-8-2-3-10(15)9(14)5-8/h2-6,18H,17H2,1H3. The van der Waals surface area contributed by atoms with Crippen molar-refractivity contribution < 1.29 is 8.42 Å². The Morgan fingerprint density at radius 2 is 1.81 bits per heavy atom. The molecule has 2 aromatic rings. The van der Waals surface area contributed by atoms with Gasteiger partial charge in [-0.25, -0.2) is 8.42 Å². The number of nitrogen functional groups attached to an aromatic ring is 1. The third-order valence-electron chi connectivity index (χ3n) is 2.78. The first-order valence-corrected chi connectivity index (χ1v) is 8.77. The van der Waals surface area contributed by atoms with Gasteiger partial charge in [-0.2, -0.15) is 0 Å². The number of sulfonamides is 1. The number of nitrogens with two attached hydrogens (primary N) is 1. The van der Waals surface area contributed by atoms with Gasteiger partial charge in [0, 0.05) is 10.2 Å². The van der Waals surface area contributed by atoms with Crippen molar-refractivity contribution in [2.24, 2.45) is 0 Å². The van der Waals surface area contributed by atoms with E-state index < -0.39 is 10.0 Å². The molecular formula is C13H11BrCl2N2O2S. The molecule has 0 atom stereocenters. The molecule has 0 saturated carbocycles. The van der Waals surface area contributed by atoms with Crippen LogP contribution in [0.5, 0.6) is 0 Å². The topological polar surface area (TPSA) is 72.2 Å². The van der Waals surface area contributed by atoms with Gasteiger partial charge in [0.15, 0.2) is 0 Å². The highest BCUT2D eigenvalue weighted by Gasteiger charge is 2.19. The zero-order valence-electron chi connectivity index (χ0n) is 10.8. The molecule has 2 aromatic carbocycles. The van der Waals surface area contributed by atoms with Crippen molar-refractivity contribution in [3.8, 4) is 0 Å². The summed E-state index contributed by atoms with van der Waals surface area (Å²) in [7, 11) is -3.84. The second-order valence-corrected chi connectivity index (χ2v) is 7.69. The second-order valence-electron chi connectivity index (χ2n) is 4.37. The maximum atomic E-state index is 12.4. The molecule has 2 rings (SSSR count). The van der Waals surface area contributed by atoms with E-state index in [-0.39, 0.29) is 9.92 Å². The van der Waals surface area contributed by atoms with Crippen LogP contribution in [-0.2, 0) is 10.0 Å². The quantitative estimate of drug-likeness (QED) is 0.735. The SMILES string of the molecule is Cc1cc(Cl)c(S(=O)(=O)Nc2ccc(Cl)c(Br)c2)cc1N. The van der Waals surface area contributed by atoms with Crippen molar-refractivity contribution in [2.75, 3.05) is 10.5 Å². The van der Waals surface area contributed by atoms with E-state index in [9.17, 15) is 8.42 Å². The van der Waals surface area contributed by atoms with Crippen molar-refractivity contribution >= 4 is 60.5 Å². The van der Waals surface area contributed by atoms with Gasteiger partial charge in [-0.15, -0.1) is 0 Å². The van der Waals surface area contributed by atoms with Crippen molar-refractivity contribution in [2.45, 2.75) is 11.8 Å². The predicted octanol–water partition coefficient (Wildman–Crippen LogP) is 4.45. The fraction of sp³-hybridized carbons (Fsp3) is 0.0769. The highest BCUT2D eigenvalue weighted by atomic mass is 79.9. The molecule has 0 amide bonds. The van der Waals surface area contributed by atoms with Crippen LogP contribution in [0.3, 0.4) is 0 Å². The maximum absolute atomic E-state index is 12.4. The lowest BCUT2D eigenvalue weighted by Crippen LogP contribution is -2.14. The van der Waals surface area contributed by atoms with E-state index in [4.69, 9.17) is 28.9 Å². The molecule has 0 fully saturated rings. The number of anilines is 2. The molecule has 0 aliphatic heterocycles. The van der Waals surface area contributed by atoms with Gasteiger partial charge in [0.25, 0.3) is 10.0 Å². The van der Waals surface area contributed by atoms with Crippen LogP contribution in [0.4, 0.5) is 11.4 Å². The molecule has 0 saturated heterocycles. The monoisotopic (exact) mass is 408 g/mol. The third kappa shape index (κ3) is 3.63. The number of aryl methyl sites for hydroxylation is 1. The molecule has 0 unspecified atom stereocenters. The van der Waals surface area contributed by atoms with Gasteiger partial charge in [0.05, 0.1) is 15.7 Å². The highest BCUT2D eigenvalue weighted by Crippen LogP contribution is 2.30. The number of halogens is 3. The van der Waals surface area contributed by atoms with E-state index in [1.165, 1.54) is 12.1 Å². The first kappa shape index (κ1) is 16.4. The van der Waals surface area contributed by atoms with Gasteiger partial charge in [-0.1, -0.05) is 23.2 Å². The lowest BCUT2D eigenvalue weighted by atomic mass is 10.2. The van der Waals surface area contributed by atoms with E-state index >= 15 is 0 Å². The lowest BCUT2D eigenvalue weighted by Gasteiger charge is -2.12. The minimum atomic E-state index is -3.84. The van der Waals surface area contributed by atoms with Crippen LogP contribution in [-0.4, -0.2) is 8.42 Å². The zero-order chi connectivity index (χ0) is 15.8. The van der Waals surface area contributed by atoms with E-state index in [1.807, 2.05) is 0 Å². The summed E-state index contributed by atoms with van der Waals surface area (Å²) in [6.45, 7) is 1.75. The van der Waals surface area contributed by atoms with E-state index in [0.717, 1.165) is 0 Å². The largest absolute Gasteiger partial charge is 0.398 e. The number of hydrogen-bond donors (Lipinski definition) is 2. The predicted molar refractivity (Wildman–Crippen MR) is 90.6 cm³/mol. The van der Waals surface area contributed by atoms with Crippen LogP contribution in [0.25, 0.3) is 0 Å². The molecule has 3 N–H and O–H groups in total. The summed E-state index contributed by atoms with van der Waals surface area (Å²) < 4.78 is 27.8. The summed E-state index contributed by atoms with van der Waals surface area (Å²) in [4.78, 5) is -0.0710. The fourth-order valence-corrected chi connectivity index (χ4v) is 3.81. The molecule has 8 heteroatoms. The Kier molecular flexibility index (Phi) is 4.72. The molecule has 21 heavy (non-hydrogen) atoms. The zero-order valence-corrected chi connectivity index (χ0v) is 14.7. The number of rotatable bonds is 3. The molecule has 0 spiro atoms. The minimum Gasteiger partial charge on any atom is -0.398 e.